The van der Waals surface area contributed by atoms with E-state index in [1.54, 1.807) is 11.3 Å². The zero-order chi connectivity index (χ0) is 10.9. The van der Waals surface area contributed by atoms with Gasteiger partial charge < -0.3 is 10.4 Å². The Morgan fingerprint density at radius 3 is 2.67 bits per heavy atom. The molecular formula is C11H18N2OS. The fourth-order valence-corrected chi connectivity index (χ4v) is 2.65. The third kappa shape index (κ3) is 2.56. The van der Waals surface area contributed by atoms with Gasteiger partial charge in [-0.1, -0.05) is 0 Å². The predicted octanol–water partition coefficient (Wildman–Crippen LogP) is 1.62. The molecule has 0 radical (unpaired) electrons. The van der Waals surface area contributed by atoms with Gasteiger partial charge in [0.1, 0.15) is 0 Å². The molecule has 0 unspecified atom stereocenters. The fraction of sp³-hybridized carbons (Fsp3) is 0.727. The second-order valence-electron chi connectivity index (χ2n) is 4.50. The minimum absolute atomic E-state index is 0.202. The summed E-state index contributed by atoms with van der Waals surface area (Å²) in [5.41, 5.74) is 1.34. The summed E-state index contributed by atoms with van der Waals surface area (Å²) in [5, 5.41) is 13.7. The Hall–Kier alpha value is -0.450. The van der Waals surface area contributed by atoms with E-state index in [4.69, 9.17) is 5.11 Å². The molecule has 0 amide bonds. The van der Waals surface area contributed by atoms with E-state index in [1.165, 1.54) is 4.88 Å². The van der Waals surface area contributed by atoms with Gasteiger partial charge in [0, 0.05) is 30.0 Å². The number of hydrogen-bond donors (Lipinski definition) is 2. The van der Waals surface area contributed by atoms with Gasteiger partial charge in [0.2, 0.25) is 0 Å². The maximum absolute atomic E-state index is 9.16. The summed E-state index contributed by atoms with van der Waals surface area (Å²) < 4.78 is 0. The number of thiazole rings is 1. The maximum Gasteiger partial charge on any atom is 0.0900 e. The number of aryl methyl sites for hydroxylation is 2. The quantitative estimate of drug-likeness (QED) is 0.802. The minimum atomic E-state index is 0.202. The summed E-state index contributed by atoms with van der Waals surface area (Å²) in [6.07, 6.45) is 2.33. The topological polar surface area (TPSA) is 45.2 Å². The summed E-state index contributed by atoms with van der Waals surface area (Å²) >= 11 is 1.76. The van der Waals surface area contributed by atoms with Crippen LogP contribution in [0.15, 0.2) is 0 Å². The van der Waals surface area contributed by atoms with E-state index in [0.29, 0.717) is 6.61 Å². The Bertz CT molecular complexity index is 344. The number of aliphatic hydroxyl groups excluding tert-OH is 1. The van der Waals surface area contributed by atoms with Crippen LogP contribution in [0.25, 0.3) is 0 Å². The van der Waals surface area contributed by atoms with Crippen LogP contribution >= 0.6 is 11.3 Å². The van der Waals surface area contributed by atoms with E-state index >= 15 is 0 Å². The van der Waals surface area contributed by atoms with Gasteiger partial charge in [-0.25, -0.2) is 4.98 Å². The van der Waals surface area contributed by atoms with E-state index in [-0.39, 0.29) is 5.41 Å². The summed E-state index contributed by atoms with van der Waals surface area (Å²) in [5.74, 6) is 0. The van der Waals surface area contributed by atoms with Crippen LogP contribution in [0.2, 0.25) is 0 Å². The summed E-state index contributed by atoms with van der Waals surface area (Å²) in [6.45, 7) is 6.23. The molecule has 0 atom stereocenters. The van der Waals surface area contributed by atoms with E-state index in [2.05, 4.69) is 17.2 Å². The molecule has 1 fully saturated rings. The Morgan fingerprint density at radius 1 is 1.47 bits per heavy atom. The second-order valence-corrected chi connectivity index (χ2v) is 5.79. The molecule has 3 nitrogen and oxygen atoms in total. The van der Waals surface area contributed by atoms with Crippen LogP contribution < -0.4 is 5.32 Å². The van der Waals surface area contributed by atoms with Crippen molar-refractivity contribution < 1.29 is 5.11 Å². The first-order valence-corrected chi connectivity index (χ1v) is 6.21. The average molecular weight is 226 g/mol. The smallest absolute Gasteiger partial charge is 0.0900 e. The van der Waals surface area contributed by atoms with Gasteiger partial charge in [-0.3, -0.25) is 0 Å². The Morgan fingerprint density at radius 2 is 2.20 bits per heavy atom. The molecule has 0 saturated heterocycles. The van der Waals surface area contributed by atoms with Crippen LogP contribution in [0.5, 0.6) is 0 Å². The molecule has 1 saturated carbocycles. The van der Waals surface area contributed by atoms with E-state index in [0.717, 1.165) is 36.6 Å². The van der Waals surface area contributed by atoms with E-state index < -0.39 is 0 Å². The van der Waals surface area contributed by atoms with Crippen molar-refractivity contribution in [1.82, 2.24) is 10.3 Å². The van der Waals surface area contributed by atoms with Crippen LogP contribution in [-0.4, -0.2) is 23.2 Å². The van der Waals surface area contributed by atoms with Gasteiger partial charge in [0.05, 0.1) is 10.7 Å². The Kier molecular flexibility index (Phi) is 3.09. The zero-order valence-electron chi connectivity index (χ0n) is 9.34. The van der Waals surface area contributed by atoms with Gasteiger partial charge in [-0.05, 0) is 26.7 Å². The average Bonchev–Trinajstić information content (AvgIpc) is 2.90. The highest BCUT2D eigenvalue weighted by atomic mass is 32.1. The van der Waals surface area contributed by atoms with Gasteiger partial charge in [-0.15, -0.1) is 11.3 Å². The highest BCUT2D eigenvalue weighted by Crippen LogP contribution is 2.44. The zero-order valence-corrected chi connectivity index (χ0v) is 10.2. The molecule has 0 spiro atoms. The van der Waals surface area contributed by atoms with Crippen molar-refractivity contribution in [3.8, 4) is 0 Å². The largest absolute Gasteiger partial charge is 0.396 e. The molecule has 0 aromatic carbocycles. The molecule has 15 heavy (non-hydrogen) atoms. The first-order chi connectivity index (χ1) is 7.15. The predicted molar refractivity (Wildman–Crippen MR) is 62.0 cm³/mol. The molecule has 2 N–H and O–H groups in total. The SMILES string of the molecule is Cc1nc(C)c(CNCC2(CO)CC2)s1. The number of nitrogens with one attached hydrogen (secondary N) is 1. The van der Waals surface area contributed by atoms with Crippen molar-refractivity contribution in [2.45, 2.75) is 33.2 Å². The molecule has 0 aliphatic heterocycles. The van der Waals surface area contributed by atoms with Crippen LogP contribution in [0.1, 0.15) is 28.4 Å². The molecule has 84 valence electrons. The lowest BCUT2D eigenvalue weighted by Crippen LogP contribution is -2.25. The lowest BCUT2D eigenvalue weighted by Gasteiger charge is -2.11. The lowest BCUT2D eigenvalue weighted by atomic mass is 10.1. The van der Waals surface area contributed by atoms with Crippen LogP contribution in [0.4, 0.5) is 0 Å². The number of hydrogen-bond acceptors (Lipinski definition) is 4. The van der Waals surface area contributed by atoms with Crippen molar-refractivity contribution in [1.29, 1.82) is 0 Å². The van der Waals surface area contributed by atoms with Crippen molar-refractivity contribution in [2.75, 3.05) is 13.2 Å². The minimum Gasteiger partial charge on any atom is -0.396 e. The normalized spacial score (nSPS) is 18.1. The van der Waals surface area contributed by atoms with E-state index in [9.17, 15) is 0 Å². The Balaban J connectivity index is 1.81. The van der Waals surface area contributed by atoms with Gasteiger partial charge in [0.25, 0.3) is 0 Å². The highest BCUT2D eigenvalue weighted by molar-refractivity contribution is 7.11. The van der Waals surface area contributed by atoms with Gasteiger partial charge in [0.15, 0.2) is 0 Å². The van der Waals surface area contributed by atoms with Crippen molar-refractivity contribution >= 4 is 11.3 Å². The van der Waals surface area contributed by atoms with Crippen LogP contribution in [-0.2, 0) is 6.54 Å². The number of rotatable bonds is 5. The highest BCUT2D eigenvalue weighted by Gasteiger charge is 2.41. The molecule has 1 aromatic rings. The molecule has 1 aromatic heterocycles. The van der Waals surface area contributed by atoms with Crippen LogP contribution in [0.3, 0.4) is 0 Å². The monoisotopic (exact) mass is 226 g/mol. The van der Waals surface area contributed by atoms with Crippen molar-refractivity contribution in [2.24, 2.45) is 5.41 Å². The second kappa shape index (κ2) is 4.20. The van der Waals surface area contributed by atoms with Gasteiger partial charge in [-0.2, -0.15) is 0 Å². The van der Waals surface area contributed by atoms with E-state index in [1.807, 2.05) is 6.92 Å². The summed E-state index contributed by atoms with van der Waals surface area (Å²) in [4.78, 5) is 5.71. The molecule has 1 aliphatic carbocycles. The van der Waals surface area contributed by atoms with Gasteiger partial charge >= 0.3 is 0 Å². The molecule has 2 rings (SSSR count). The standard InChI is InChI=1S/C11H18N2OS/c1-8-10(15-9(2)13-8)5-12-6-11(7-14)3-4-11/h12,14H,3-7H2,1-2H3. The van der Waals surface area contributed by atoms with Crippen molar-refractivity contribution in [3.05, 3.63) is 15.6 Å². The summed E-state index contributed by atoms with van der Waals surface area (Å²) in [6, 6.07) is 0. The molecular weight excluding hydrogens is 208 g/mol. The third-order valence-electron chi connectivity index (χ3n) is 3.08. The molecule has 4 heteroatoms. The number of aliphatic hydroxyl groups is 1. The fourth-order valence-electron chi connectivity index (χ4n) is 1.75. The molecule has 0 bridgehead atoms. The number of aromatic nitrogens is 1. The third-order valence-corrected chi connectivity index (χ3v) is 4.15. The number of nitrogens with zero attached hydrogens (tertiary/aromatic N) is 1. The summed E-state index contributed by atoms with van der Waals surface area (Å²) in [7, 11) is 0. The lowest BCUT2D eigenvalue weighted by molar-refractivity contribution is 0.207. The Labute approximate surface area is 94.5 Å². The van der Waals surface area contributed by atoms with Crippen molar-refractivity contribution in [3.63, 3.8) is 0 Å². The first-order valence-electron chi connectivity index (χ1n) is 5.40. The van der Waals surface area contributed by atoms with Crippen LogP contribution in [0, 0.1) is 19.3 Å². The molecule has 1 aliphatic rings. The maximum atomic E-state index is 9.16. The first kappa shape index (κ1) is 11.0. The molecule has 1 heterocycles.